The van der Waals surface area contributed by atoms with Gasteiger partial charge in [0.05, 0.1) is 6.42 Å². The van der Waals surface area contributed by atoms with Gasteiger partial charge in [0.15, 0.2) is 0 Å². The average molecular weight is 221 g/mol. The number of nitrogens with zero attached hydrogens (tertiary/aromatic N) is 1. The minimum atomic E-state index is -2.40. The molecule has 1 saturated heterocycles. The van der Waals surface area contributed by atoms with Crippen molar-refractivity contribution in [3.63, 3.8) is 0 Å². The fourth-order valence-corrected chi connectivity index (χ4v) is 1.59. The zero-order valence-corrected chi connectivity index (χ0v) is 8.16. The molecule has 1 rings (SSSR count). The van der Waals surface area contributed by atoms with Gasteiger partial charge in [0.25, 0.3) is 0 Å². The summed E-state index contributed by atoms with van der Waals surface area (Å²) in [5, 5.41) is 8.35. The first-order valence-corrected chi connectivity index (χ1v) is 4.78. The molecule has 0 radical (unpaired) electrons. The lowest BCUT2D eigenvalue weighted by Crippen LogP contribution is -2.29. The van der Waals surface area contributed by atoms with Crippen molar-refractivity contribution in [1.82, 2.24) is 4.90 Å². The Hall–Kier alpha value is -1.20. The van der Waals surface area contributed by atoms with Crippen LogP contribution in [0.3, 0.4) is 0 Å². The SMILES string of the molecule is O=C(O)CCC(=O)N1CCC(C(F)F)C1. The first kappa shape index (κ1) is 11.9. The summed E-state index contributed by atoms with van der Waals surface area (Å²) in [6.07, 6.45) is -2.45. The van der Waals surface area contributed by atoms with E-state index in [-0.39, 0.29) is 25.3 Å². The Morgan fingerprint density at radius 1 is 1.40 bits per heavy atom. The number of rotatable bonds is 4. The van der Waals surface area contributed by atoms with Crippen molar-refractivity contribution >= 4 is 11.9 Å². The van der Waals surface area contributed by atoms with Crippen molar-refractivity contribution in [3.8, 4) is 0 Å². The number of carboxylic acids is 1. The Morgan fingerprint density at radius 3 is 2.53 bits per heavy atom. The number of hydrogen-bond acceptors (Lipinski definition) is 2. The van der Waals surface area contributed by atoms with Crippen LogP contribution in [0.15, 0.2) is 0 Å². The number of carboxylic acid groups (broad SMARTS) is 1. The number of carbonyl (C=O) groups is 2. The molecule has 0 aromatic rings. The van der Waals surface area contributed by atoms with Gasteiger partial charge >= 0.3 is 5.97 Å². The van der Waals surface area contributed by atoms with E-state index in [0.717, 1.165) is 0 Å². The Labute approximate surface area is 85.9 Å². The van der Waals surface area contributed by atoms with E-state index < -0.39 is 18.3 Å². The zero-order chi connectivity index (χ0) is 11.4. The number of halogens is 2. The number of alkyl halides is 2. The molecule has 1 unspecified atom stereocenters. The molecular weight excluding hydrogens is 208 g/mol. The van der Waals surface area contributed by atoms with E-state index in [1.165, 1.54) is 4.90 Å². The lowest BCUT2D eigenvalue weighted by Gasteiger charge is -2.15. The largest absolute Gasteiger partial charge is 0.481 e. The number of amides is 1. The van der Waals surface area contributed by atoms with Crippen molar-refractivity contribution in [2.24, 2.45) is 5.92 Å². The average Bonchev–Trinajstić information content (AvgIpc) is 2.62. The van der Waals surface area contributed by atoms with Gasteiger partial charge < -0.3 is 10.0 Å². The molecule has 1 atom stereocenters. The quantitative estimate of drug-likeness (QED) is 0.769. The number of hydrogen-bond donors (Lipinski definition) is 1. The first-order valence-electron chi connectivity index (χ1n) is 4.78. The monoisotopic (exact) mass is 221 g/mol. The van der Waals surface area contributed by atoms with E-state index >= 15 is 0 Å². The summed E-state index contributed by atoms with van der Waals surface area (Å²) in [5.74, 6) is -2.15. The van der Waals surface area contributed by atoms with Gasteiger partial charge in [0.1, 0.15) is 0 Å². The standard InChI is InChI=1S/C9H13F2NO3/c10-9(11)6-3-4-12(5-6)7(13)1-2-8(14)15/h6,9H,1-5H2,(H,14,15). The third-order valence-corrected chi connectivity index (χ3v) is 2.49. The third kappa shape index (κ3) is 3.45. The molecule has 15 heavy (non-hydrogen) atoms. The Morgan fingerprint density at radius 2 is 2.07 bits per heavy atom. The molecule has 0 saturated carbocycles. The van der Waals surface area contributed by atoms with Gasteiger partial charge in [-0.15, -0.1) is 0 Å². The topological polar surface area (TPSA) is 57.6 Å². The summed E-state index contributed by atoms with van der Waals surface area (Å²) in [6, 6.07) is 0. The maximum Gasteiger partial charge on any atom is 0.303 e. The van der Waals surface area contributed by atoms with Crippen molar-refractivity contribution in [3.05, 3.63) is 0 Å². The fraction of sp³-hybridized carbons (Fsp3) is 0.778. The molecule has 1 aliphatic heterocycles. The predicted molar refractivity (Wildman–Crippen MR) is 47.6 cm³/mol. The lowest BCUT2D eigenvalue weighted by molar-refractivity contribution is -0.140. The number of carbonyl (C=O) groups excluding carboxylic acids is 1. The van der Waals surface area contributed by atoms with Crippen LogP contribution in [0.5, 0.6) is 0 Å². The molecule has 0 aromatic heterocycles. The number of aliphatic carboxylic acids is 1. The van der Waals surface area contributed by atoms with Crippen LogP contribution in [0.2, 0.25) is 0 Å². The maximum absolute atomic E-state index is 12.3. The van der Waals surface area contributed by atoms with Gasteiger partial charge in [0, 0.05) is 25.4 Å². The molecule has 0 aliphatic carbocycles. The molecule has 1 amide bonds. The van der Waals surface area contributed by atoms with Crippen LogP contribution >= 0.6 is 0 Å². The molecule has 4 nitrogen and oxygen atoms in total. The molecule has 0 spiro atoms. The van der Waals surface area contributed by atoms with Crippen molar-refractivity contribution in [2.45, 2.75) is 25.7 Å². The van der Waals surface area contributed by atoms with Crippen LogP contribution in [-0.2, 0) is 9.59 Å². The fourth-order valence-electron chi connectivity index (χ4n) is 1.59. The molecule has 86 valence electrons. The molecular formula is C9H13F2NO3. The van der Waals surface area contributed by atoms with Gasteiger partial charge in [-0.3, -0.25) is 9.59 Å². The summed E-state index contributed by atoms with van der Waals surface area (Å²) >= 11 is 0. The summed E-state index contributed by atoms with van der Waals surface area (Å²) in [6.45, 7) is 0.365. The Bertz CT molecular complexity index is 258. The molecule has 6 heteroatoms. The smallest absolute Gasteiger partial charge is 0.303 e. The van der Waals surface area contributed by atoms with Crippen LogP contribution in [0, 0.1) is 5.92 Å². The zero-order valence-electron chi connectivity index (χ0n) is 8.16. The predicted octanol–water partition coefficient (Wildman–Crippen LogP) is 0.965. The molecule has 1 aliphatic rings. The second kappa shape index (κ2) is 5.04. The van der Waals surface area contributed by atoms with Gasteiger partial charge in [0.2, 0.25) is 12.3 Å². The van der Waals surface area contributed by atoms with Crippen molar-refractivity contribution in [1.29, 1.82) is 0 Å². The highest BCUT2D eigenvalue weighted by Gasteiger charge is 2.31. The Kier molecular flexibility index (Phi) is 3.99. The van der Waals surface area contributed by atoms with E-state index in [1.54, 1.807) is 0 Å². The minimum Gasteiger partial charge on any atom is -0.481 e. The highest BCUT2D eigenvalue weighted by molar-refractivity contribution is 5.80. The molecule has 0 bridgehead atoms. The first-order chi connectivity index (χ1) is 7.00. The highest BCUT2D eigenvalue weighted by atomic mass is 19.3. The minimum absolute atomic E-state index is 0.0517. The van der Waals surface area contributed by atoms with E-state index in [1.807, 2.05) is 0 Å². The second-order valence-corrected chi connectivity index (χ2v) is 3.62. The maximum atomic E-state index is 12.3. The normalized spacial score (nSPS) is 21.0. The summed E-state index contributed by atoms with van der Waals surface area (Å²) in [5.41, 5.74) is 0. The van der Waals surface area contributed by atoms with Gasteiger partial charge in [-0.25, -0.2) is 8.78 Å². The van der Waals surface area contributed by atoms with E-state index in [4.69, 9.17) is 5.11 Å². The summed E-state index contributed by atoms with van der Waals surface area (Å²) < 4.78 is 24.5. The van der Waals surface area contributed by atoms with Crippen molar-refractivity contribution < 1.29 is 23.5 Å². The number of likely N-dealkylation sites (tertiary alicyclic amines) is 1. The van der Waals surface area contributed by atoms with Crippen LogP contribution in [0.1, 0.15) is 19.3 Å². The molecule has 1 fully saturated rings. The molecule has 1 N–H and O–H groups in total. The third-order valence-electron chi connectivity index (χ3n) is 2.49. The van der Waals surface area contributed by atoms with Crippen LogP contribution < -0.4 is 0 Å². The Balaban J connectivity index is 2.33. The van der Waals surface area contributed by atoms with Gasteiger partial charge in [-0.05, 0) is 6.42 Å². The van der Waals surface area contributed by atoms with E-state index in [9.17, 15) is 18.4 Å². The van der Waals surface area contributed by atoms with E-state index in [0.29, 0.717) is 13.0 Å². The van der Waals surface area contributed by atoms with E-state index in [2.05, 4.69) is 0 Å². The van der Waals surface area contributed by atoms with Gasteiger partial charge in [-0.2, -0.15) is 0 Å². The summed E-state index contributed by atoms with van der Waals surface area (Å²) in [4.78, 5) is 22.9. The molecule has 0 aromatic carbocycles. The highest BCUT2D eigenvalue weighted by Crippen LogP contribution is 2.23. The van der Waals surface area contributed by atoms with Crippen molar-refractivity contribution in [2.75, 3.05) is 13.1 Å². The van der Waals surface area contributed by atoms with Crippen LogP contribution in [-0.4, -0.2) is 41.4 Å². The van der Waals surface area contributed by atoms with Crippen LogP contribution in [0.4, 0.5) is 8.78 Å². The molecule has 1 heterocycles. The summed E-state index contributed by atoms with van der Waals surface area (Å²) in [7, 11) is 0. The van der Waals surface area contributed by atoms with Crippen LogP contribution in [0.25, 0.3) is 0 Å². The van der Waals surface area contributed by atoms with Gasteiger partial charge in [-0.1, -0.05) is 0 Å². The second-order valence-electron chi connectivity index (χ2n) is 3.62. The lowest BCUT2D eigenvalue weighted by atomic mass is 10.1.